The minimum Gasteiger partial charge on any atom is -0.310 e. The second kappa shape index (κ2) is 10.5. The lowest BCUT2D eigenvalue weighted by Crippen LogP contribution is -2.23. The van der Waals surface area contributed by atoms with Crippen molar-refractivity contribution in [1.82, 2.24) is 0 Å². The molecule has 0 saturated carbocycles. The van der Waals surface area contributed by atoms with Gasteiger partial charge in [-0.1, -0.05) is 123 Å². The molecule has 1 aliphatic carbocycles. The molecule has 8 rings (SSSR count). The van der Waals surface area contributed by atoms with E-state index in [0.717, 1.165) is 24.2 Å². The van der Waals surface area contributed by atoms with Crippen LogP contribution >= 0.6 is 0 Å². The van der Waals surface area contributed by atoms with E-state index >= 15 is 0 Å². The number of hydrogen-bond acceptors (Lipinski definition) is 1. The summed E-state index contributed by atoms with van der Waals surface area (Å²) in [6, 6.07) is 55.8. The normalized spacial score (nSPS) is 13.1. The van der Waals surface area contributed by atoms with E-state index in [4.69, 9.17) is 0 Å². The summed E-state index contributed by atoms with van der Waals surface area (Å²) in [6.45, 7) is 4.70. The zero-order chi connectivity index (χ0) is 29.7. The Morgan fingerprint density at radius 1 is 0.477 bits per heavy atom. The molecular formula is C43H35N. The molecule has 0 amide bonds. The predicted octanol–water partition coefficient (Wildman–Crippen LogP) is 12.2. The van der Waals surface area contributed by atoms with Crippen molar-refractivity contribution < 1.29 is 0 Å². The van der Waals surface area contributed by atoms with E-state index in [9.17, 15) is 0 Å². The van der Waals surface area contributed by atoms with Crippen LogP contribution in [0.3, 0.4) is 0 Å². The summed E-state index contributed by atoms with van der Waals surface area (Å²) in [5.41, 5.74) is 11.7. The largest absolute Gasteiger partial charge is 0.310 e. The maximum Gasteiger partial charge on any atom is 0.0546 e. The van der Waals surface area contributed by atoms with E-state index in [2.05, 4.69) is 170 Å². The van der Waals surface area contributed by atoms with Gasteiger partial charge in [0, 0.05) is 22.2 Å². The van der Waals surface area contributed by atoms with Crippen LogP contribution in [0.15, 0.2) is 152 Å². The Kier molecular flexibility index (Phi) is 6.34. The van der Waals surface area contributed by atoms with Crippen molar-refractivity contribution >= 4 is 38.6 Å². The van der Waals surface area contributed by atoms with Gasteiger partial charge in [0.15, 0.2) is 0 Å². The van der Waals surface area contributed by atoms with Crippen LogP contribution in [0.5, 0.6) is 0 Å². The van der Waals surface area contributed by atoms with Crippen molar-refractivity contribution in [3.63, 3.8) is 0 Å². The summed E-state index contributed by atoms with van der Waals surface area (Å²) < 4.78 is 0. The molecule has 0 heterocycles. The van der Waals surface area contributed by atoms with Gasteiger partial charge >= 0.3 is 0 Å². The quantitative estimate of drug-likeness (QED) is 0.181. The van der Waals surface area contributed by atoms with Gasteiger partial charge in [0.25, 0.3) is 0 Å². The van der Waals surface area contributed by atoms with Crippen LogP contribution in [0.2, 0.25) is 0 Å². The highest BCUT2D eigenvalue weighted by Gasteiger charge is 2.40. The lowest BCUT2D eigenvalue weighted by molar-refractivity contribution is 0.491. The molecule has 0 radical (unpaired) electrons. The number of rotatable bonds is 6. The van der Waals surface area contributed by atoms with E-state index in [1.54, 1.807) is 0 Å². The van der Waals surface area contributed by atoms with E-state index in [-0.39, 0.29) is 5.41 Å². The monoisotopic (exact) mass is 565 g/mol. The summed E-state index contributed by atoms with van der Waals surface area (Å²) in [7, 11) is 0. The number of para-hydroxylation sites is 1. The third-order valence-electron chi connectivity index (χ3n) is 9.90. The lowest BCUT2D eigenvalue weighted by Gasteiger charge is -2.30. The Morgan fingerprint density at radius 2 is 1.14 bits per heavy atom. The molecule has 7 aromatic rings. The van der Waals surface area contributed by atoms with E-state index in [1.165, 1.54) is 60.6 Å². The molecule has 1 aliphatic rings. The number of fused-ring (bicyclic) bond motifs is 6. The molecule has 0 saturated heterocycles. The number of anilines is 3. The standard InChI is InChI=1S/C43H35N/c1-3-43(4-2)39-23-12-11-22-36(39)38-28-33-26-25-31-17-14-24-41(42(31)37(33)29-40(38)43)44(34-19-9-6-10-20-34)35-21-13-18-32(27-35)30-15-7-5-8-16-30/h5-29H,3-4H2,1-2H3. The fraction of sp³-hybridized carbons (Fsp3) is 0.116. The molecule has 0 aliphatic heterocycles. The minimum absolute atomic E-state index is 0.0281. The maximum absolute atomic E-state index is 2.53. The smallest absolute Gasteiger partial charge is 0.0546 e. The fourth-order valence-electron chi connectivity index (χ4n) is 7.70. The summed E-state index contributed by atoms with van der Waals surface area (Å²) >= 11 is 0. The lowest BCUT2D eigenvalue weighted by atomic mass is 9.73. The van der Waals surface area contributed by atoms with Crippen LogP contribution in [0.4, 0.5) is 17.1 Å². The van der Waals surface area contributed by atoms with Gasteiger partial charge in [0.1, 0.15) is 0 Å². The molecular weight excluding hydrogens is 530 g/mol. The Bertz CT molecular complexity index is 2140. The molecule has 0 bridgehead atoms. The summed E-state index contributed by atoms with van der Waals surface area (Å²) in [5, 5.41) is 5.15. The van der Waals surface area contributed by atoms with Gasteiger partial charge in [-0.2, -0.15) is 0 Å². The Morgan fingerprint density at radius 3 is 1.93 bits per heavy atom. The topological polar surface area (TPSA) is 3.24 Å². The molecule has 0 aromatic heterocycles. The van der Waals surface area contributed by atoms with E-state index in [0.29, 0.717) is 0 Å². The van der Waals surface area contributed by atoms with Crippen LogP contribution in [0, 0.1) is 0 Å². The first-order valence-electron chi connectivity index (χ1n) is 15.8. The molecule has 44 heavy (non-hydrogen) atoms. The van der Waals surface area contributed by atoms with Gasteiger partial charge in [-0.15, -0.1) is 0 Å². The van der Waals surface area contributed by atoms with Crippen LogP contribution < -0.4 is 4.90 Å². The first-order valence-corrected chi connectivity index (χ1v) is 15.8. The number of nitrogens with zero attached hydrogens (tertiary/aromatic N) is 1. The molecule has 212 valence electrons. The van der Waals surface area contributed by atoms with Crippen molar-refractivity contribution in [2.75, 3.05) is 4.90 Å². The molecule has 0 N–H and O–H groups in total. The molecule has 0 fully saturated rings. The first kappa shape index (κ1) is 26.5. The SMILES string of the molecule is CCC1(CC)c2ccccc2-c2cc3ccc4cccc(N(c5ccccc5)c5cccc(-c6ccccc6)c5)c4c3cc21. The van der Waals surface area contributed by atoms with Crippen LogP contribution in [-0.2, 0) is 5.41 Å². The van der Waals surface area contributed by atoms with Crippen molar-refractivity contribution in [3.8, 4) is 22.3 Å². The third kappa shape index (κ3) is 4.00. The zero-order valence-corrected chi connectivity index (χ0v) is 25.3. The van der Waals surface area contributed by atoms with Crippen LogP contribution in [0.25, 0.3) is 43.8 Å². The maximum atomic E-state index is 2.53. The highest BCUT2D eigenvalue weighted by molar-refractivity contribution is 6.16. The van der Waals surface area contributed by atoms with Crippen molar-refractivity contribution in [1.29, 1.82) is 0 Å². The average Bonchev–Trinajstić information content (AvgIpc) is 3.37. The molecule has 1 heteroatoms. The van der Waals surface area contributed by atoms with Crippen molar-refractivity contribution in [2.45, 2.75) is 32.1 Å². The van der Waals surface area contributed by atoms with Gasteiger partial charge in [-0.3, -0.25) is 0 Å². The van der Waals surface area contributed by atoms with Crippen molar-refractivity contribution in [2.24, 2.45) is 0 Å². The third-order valence-corrected chi connectivity index (χ3v) is 9.90. The van der Waals surface area contributed by atoms with E-state index in [1.807, 2.05) is 0 Å². The zero-order valence-electron chi connectivity index (χ0n) is 25.3. The van der Waals surface area contributed by atoms with Crippen LogP contribution in [-0.4, -0.2) is 0 Å². The summed E-state index contributed by atoms with van der Waals surface area (Å²) in [4.78, 5) is 2.43. The second-order valence-corrected chi connectivity index (χ2v) is 12.0. The molecule has 0 unspecified atom stereocenters. The van der Waals surface area contributed by atoms with Gasteiger partial charge in [0.05, 0.1) is 5.69 Å². The van der Waals surface area contributed by atoms with E-state index < -0.39 is 0 Å². The van der Waals surface area contributed by atoms with Gasteiger partial charge in [-0.05, 0) is 105 Å². The first-order chi connectivity index (χ1) is 21.7. The van der Waals surface area contributed by atoms with Gasteiger partial charge in [-0.25, -0.2) is 0 Å². The molecule has 1 nitrogen and oxygen atoms in total. The van der Waals surface area contributed by atoms with Gasteiger partial charge < -0.3 is 4.90 Å². The second-order valence-electron chi connectivity index (χ2n) is 12.0. The minimum atomic E-state index is 0.0281. The number of hydrogen-bond donors (Lipinski definition) is 0. The Balaban J connectivity index is 1.42. The summed E-state index contributed by atoms with van der Waals surface area (Å²) in [5.74, 6) is 0. The van der Waals surface area contributed by atoms with Crippen molar-refractivity contribution in [3.05, 3.63) is 163 Å². The Hall–Kier alpha value is -5.14. The highest BCUT2D eigenvalue weighted by Crippen LogP contribution is 2.54. The van der Waals surface area contributed by atoms with Crippen LogP contribution in [0.1, 0.15) is 37.8 Å². The highest BCUT2D eigenvalue weighted by atomic mass is 15.1. The average molecular weight is 566 g/mol. The summed E-state index contributed by atoms with van der Waals surface area (Å²) in [6.07, 6.45) is 2.16. The molecule has 7 aromatic carbocycles. The number of benzene rings is 7. The molecule has 0 atom stereocenters. The van der Waals surface area contributed by atoms with Gasteiger partial charge in [0.2, 0.25) is 0 Å². The fourth-order valence-corrected chi connectivity index (χ4v) is 7.70. The Labute approximate surface area is 260 Å². The predicted molar refractivity (Wildman–Crippen MR) is 188 cm³/mol. The molecule has 0 spiro atoms.